The van der Waals surface area contributed by atoms with E-state index in [0.717, 1.165) is 74.7 Å². The number of hydrogen-bond donors (Lipinski definition) is 3. The Balaban J connectivity index is 0.696. The van der Waals surface area contributed by atoms with E-state index in [4.69, 9.17) is 9.97 Å². The summed E-state index contributed by atoms with van der Waals surface area (Å²) >= 11 is 0. The average Bonchev–Trinajstić information content (AvgIpc) is 4.03. The van der Waals surface area contributed by atoms with Gasteiger partial charge in [0.15, 0.2) is 5.78 Å². The quantitative estimate of drug-likeness (QED) is 0.0996. The SMILES string of the molecule is CC(=O)c1c(C)c2cnc(Nc3ccc(C4CC5CCC(C4)N5c4ccc(CN5CCC(O)(c6ccc7c(c6)CN(C6CCC(=O)NC6=O)C7=O)CC5)cc4)cn3)nc2n(C2CCCC2)c1=O. The Hall–Kier alpha value is -6.32. The van der Waals surface area contributed by atoms with Crippen molar-refractivity contribution >= 4 is 52.0 Å². The molecule has 3 atom stereocenters. The number of likely N-dealkylation sites (tertiary alicyclic amines) is 1. The maximum Gasteiger partial charge on any atom is 0.263 e. The van der Waals surface area contributed by atoms with E-state index in [1.54, 1.807) is 28.7 Å². The Morgan fingerprint density at radius 2 is 1.63 bits per heavy atom. The van der Waals surface area contributed by atoms with Crippen LogP contribution in [0.4, 0.5) is 17.5 Å². The summed E-state index contributed by atoms with van der Waals surface area (Å²) in [5.74, 6) is 0.236. The van der Waals surface area contributed by atoms with E-state index in [-0.39, 0.29) is 41.2 Å². The Kier molecular flexibility index (Phi) is 11.0. The number of fused-ring (bicyclic) bond motifs is 4. The van der Waals surface area contributed by atoms with Crippen molar-refractivity contribution in [2.75, 3.05) is 23.3 Å². The molecule has 15 heteroatoms. The van der Waals surface area contributed by atoms with Gasteiger partial charge in [-0.05, 0) is 130 Å². The molecule has 0 radical (unpaired) electrons. The highest BCUT2D eigenvalue weighted by atomic mass is 16.3. The van der Waals surface area contributed by atoms with Gasteiger partial charge in [-0.1, -0.05) is 43.2 Å². The number of anilines is 3. The molecule has 3 aromatic heterocycles. The number of rotatable bonds is 10. The van der Waals surface area contributed by atoms with Gasteiger partial charge < -0.3 is 20.2 Å². The summed E-state index contributed by atoms with van der Waals surface area (Å²) in [5.41, 5.74) is 6.06. The van der Waals surface area contributed by atoms with E-state index >= 15 is 0 Å². The minimum absolute atomic E-state index is 0.0118. The number of piperidine rings is 3. The van der Waals surface area contributed by atoms with Gasteiger partial charge in [-0.3, -0.25) is 38.8 Å². The van der Waals surface area contributed by atoms with Crippen LogP contribution >= 0.6 is 0 Å². The Morgan fingerprint density at radius 3 is 2.31 bits per heavy atom. The van der Waals surface area contributed by atoms with Gasteiger partial charge in [0, 0.05) is 79.8 Å². The van der Waals surface area contributed by atoms with Crippen LogP contribution in [0.5, 0.6) is 0 Å². The summed E-state index contributed by atoms with van der Waals surface area (Å²) in [6, 6.07) is 19.0. The second-order valence-corrected chi connectivity index (χ2v) is 19.9. The number of ketones is 1. The minimum Gasteiger partial charge on any atom is -0.385 e. The molecule has 5 aliphatic heterocycles. The van der Waals surface area contributed by atoms with Crippen LogP contribution in [0, 0.1) is 6.92 Å². The van der Waals surface area contributed by atoms with Crippen molar-refractivity contribution in [2.45, 2.75) is 140 Å². The Labute approximate surface area is 389 Å². The first-order valence-corrected chi connectivity index (χ1v) is 24.2. The number of carbonyl (C=O) groups excluding carboxylic acids is 4. The summed E-state index contributed by atoms with van der Waals surface area (Å²) in [6.45, 7) is 5.83. The molecule has 5 aromatic rings. The molecule has 6 aliphatic rings. The van der Waals surface area contributed by atoms with Crippen LogP contribution < -0.4 is 21.1 Å². The van der Waals surface area contributed by atoms with Crippen LogP contribution in [0.2, 0.25) is 0 Å². The highest BCUT2D eigenvalue weighted by Crippen LogP contribution is 2.46. The maximum atomic E-state index is 13.7. The smallest absolute Gasteiger partial charge is 0.263 e. The number of Topliss-reactive ketones (excluding diaryl/α,β-unsaturated/α-hetero) is 1. The van der Waals surface area contributed by atoms with E-state index in [0.29, 0.717) is 72.3 Å². The fraction of sp³-hybridized carbons (Fsp3) is 0.462. The molecule has 5 fully saturated rings. The highest BCUT2D eigenvalue weighted by Gasteiger charge is 2.43. The summed E-state index contributed by atoms with van der Waals surface area (Å²) in [4.78, 5) is 84.4. The number of hydrogen-bond acceptors (Lipinski definition) is 12. The lowest BCUT2D eigenvalue weighted by Gasteiger charge is -2.41. The van der Waals surface area contributed by atoms with Crippen LogP contribution in [-0.4, -0.2) is 89.1 Å². The van der Waals surface area contributed by atoms with Crippen molar-refractivity contribution in [3.63, 3.8) is 0 Å². The zero-order chi connectivity index (χ0) is 46.1. The Bertz CT molecular complexity index is 2850. The summed E-state index contributed by atoms with van der Waals surface area (Å²) in [5, 5.41) is 18.2. The number of imide groups is 1. The van der Waals surface area contributed by atoms with Gasteiger partial charge in [0.2, 0.25) is 17.8 Å². The lowest BCUT2D eigenvalue weighted by atomic mass is 9.83. The van der Waals surface area contributed by atoms with Crippen LogP contribution in [-0.2, 0) is 28.3 Å². The summed E-state index contributed by atoms with van der Waals surface area (Å²) in [7, 11) is 0. The number of aliphatic hydroxyl groups is 1. The lowest BCUT2D eigenvalue weighted by molar-refractivity contribution is -0.136. The molecule has 67 heavy (non-hydrogen) atoms. The molecule has 1 saturated carbocycles. The highest BCUT2D eigenvalue weighted by molar-refractivity contribution is 6.05. The average molecular weight is 904 g/mol. The minimum atomic E-state index is -1.00. The van der Waals surface area contributed by atoms with E-state index < -0.39 is 17.6 Å². The molecule has 8 heterocycles. The van der Waals surface area contributed by atoms with Crippen LogP contribution in [0.15, 0.2) is 71.8 Å². The molecule has 2 bridgehead atoms. The molecule has 2 aromatic carbocycles. The topological polar surface area (TPSA) is 183 Å². The molecule has 11 rings (SSSR count). The molecule has 15 nitrogen and oxygen atoms in total. The third kappa shape index (κ3) is 7.89. The number of aromatic nitrogens is 4. The maximum absolute atomic E-state index is 13.7. The number of nitrogens with one attached hydrogen (secondary N) is 2. The molecular weight excluding hydrogens is 847 g/mol. The van der Waals surface area contributed by atoms with Gasteiger partial charge in [0.1, 0.15) is 17.5 Å². The van der Waals surface area contributed by atoms with E-state index in [9.17, 15) is 29.1 Å². The third-order valence-electron chi connectivity index (χ3n) is 15.9. The van der Waals surface area contributed by atoms with Gasteiger partial charge in [-0.15, -0.1) is 0 Å². The van der Waals surface area contributed by atoms with Crippen molar-refractivity contribution in [1.82, 2.24) is 34.6 Å². The van der Waals surface area contributed by atoms with Gasteiger partial charge in [-0.2, -0.15) is 4.98 Å². The normalized spacial score (nSPS) is 24.1. The first-order valence-electron chi connectivity index (χ1n) is 24.2. The second kappa shape index (κ2) is 17.1. The monoisotopic (exact) mass is 903 g/mol. The molecule has 346 valence electrons. The number of aryl methyl sites for hydroxylation is 1. The predicted octanol–water partition coefficient (Wildman–Crippen LogP) is 6.72. The van der Waals surface area contributed by atoms with Gasteiger partial charge in [0.05, 0.1) is 11.2 Å². The Morgan fingerprint density at radius 1 is 0.881 bits per heavy atom. The first kappa shape index (κ1) is 43.3. The van der Waals surface area contributed by atoms with Gasteiger partial charge in [-0.25, -0.2) is 9.97 Å². The van der Waals surface area contributed by atoms with E-state index in [1.165, 1.54) is 36.6 Å². The number of carbonyl (C=O) groups is 4. The molecule has 3 amide bonds. The molecule has 0 spiro atoms. The second-order valence-electron chi connectivity index (χ2n) is 19.9. The van der Waals surface area contributed by atoms with Crippen molar-refractivity contribution in [3.05, 3.63) is 116 Å². The number of pyridine rings is 2. The first-order chi connectivity index (χ1) is 32.4. The van der Waals surface area contributed by atoms with E-state index in [2.05, 4.69) is 55.7 Å². The number of nitrogens with zero attached hydrogens (tertiary/aromatic N) is 7. The summed E-state index contributed by atoms with van der Waals surface area (Å²) in [6.07, 6.45) is 13.7. The van der Waals surface area contributed by atoms with Crippen LogP contribution in [0.25, 0.3) is 11.0 Å². The fourth-order valence-electron chi connectivity index (χ4n) is 12.3. The van der Waals surface area contributed by atoms with Crippen molar-refractivity contribution in [3.8, 4) is 0 Å². The van der Waals surface area contributed by atoms with E-state index in [1.807, 2.05) is 24.4 Å². The van der Waals surface area contributed by atoms with Crippen LogP contribution in [0.3, 0.4) is 0 Å². The molecule has 4 saturated heterocycles. The largest absolute Gasteiger partial charge is 0.385 e. The number of amides is 3. The van der Waals surface area contributed by atoms with Gasteiger partial charge >= 0.3 is 0 Å². The van der Waals surface area contributed by atoms with Crippen molar-refractivity contribution in [1.29, 1.82) is 0 Å². The number of benzene rings is 2. The van der Waals surface area contributed by atoms with Crippen molar-refractivity contribution in [2.24, 2.45) is 0 Å². The standard InChI is InChI=1S/C52H57N9O6/c1-30-42-27-54-51(57-47(42)61(37-5-3-4-6-37)50(66)46(30)31(2)62)55-44-17-9-33(26-53-44)34-24-39-13-14-40(25-34)60(39)38-11-7-32(8-12-38)28-58-21-19-52(67,20-22-58)36-10-15-41-35(23-36)29-59(49(41)65)43-16-18-45(63)56-48(43)64/h7-12,15,17,23,26-27,34,37,39-40,43,67H,3-6,13-14,16,18-22,24-25,28-29H2,1-2H3,(H,56,63,64)(H,53,54,55,57). The molecule has 3 unspecified atom stereocenters. The summed E-state index contributed by atoms with van der Waals surface area (Å²) < 4.78 is 1.73. The van der Waals surface area contributed by atoms with Crippen molar-refractivity contribution < 1.29 is 24.3 Å². The zero-order valence-electron chi connectivity index (χ0n) is 38.2. The zero-order valence-corrected chi connectivity index (χ0v) is 38.2. The molecule has 1 aliphatic carbocycles. The fourth-order valence-corrected chi connectivity index (χ4v) is 12.3. The molecule has 3 N–H and O–H groups in total. The lowest BCUT2D eigenvalue weighted by Crippen LogP contribution is -2.52. The van der Waals surface area contributed by atoms with Crippen LogP contribution in [0.1, 0.15) is 144 Å². The van der Waals surface area contributed by atoms with Gasteiger partial charge in [0.25, 0.3) is 11.5 Å². The third-order valence-corrected chi connectivity index (χ3v) is 15.9. The predicted molar refractivity (Wildman–Crippen MR) is 252 cm³/mol. The molecular formula is C52H57N9O6.